The molecular weight excluding hydrogens is 388 g/mol. The molecule has 0 spiro atoms. The van der Waals surface area contributed by atoms with Crippen molar-refractivity contribution >= 4 is 44.9 Å². The molecule has 126 valence electrons. The predicted molar refractivity (Wildman–Crippen MR) is 105 cm³/mol. The first kappa shape index (κ1) is 18.4. The number of ether oxygens (including phenoxy) is 1. The molecule has 0 saturated heterocycles. The summed E-state index contributed by atoms with van der Waals surface area (Å²) in [5.74, 6) is 0.497. The number of carbonyl (C=O) groups excluding carboxylic acids is 1. The maximum atomic E-state index is 12.2. The molecule has 1 amide bonds. The highest BCUT2D eigenvalue weighted by Gasteiger charge is 2.09. The molecule has 0 aliphatic rings. The summed E-state index contributed by atoms with van der Waals surface area (Å²) < 4.78 is 6.61. The van der Waals surface area contributed by atoms with Crippen molar-refractivity contribution in [1.82, 2.24) is 5.32 Å². The number of rotatable bonds is 5. The summed E-state index contributed by atoms with van der Waals surface area (Å²) in [6.07, 6.45) is 1.07. The van der Waals surface area contributed by atoms with Crippen molar-refractivity contribution in [1.29, 1.82) is 0 Å². The van der Waals surface area contributed by atoms with E-state index in [9.17, 15) is 4.79 Å². The maximum absolute atomic E-state index is 12.2. The van der Waals surface area contributed by atoms with Crippen LogP contribution < -0.4 is 15.4 Å². The van der Waals surface area contributed by atoms with Crippen LogP contribution in [-0.4, -0.2) is 17.1 Å². The van der Waals surface area contributed by atoms with Crippen LogP contribution in [0.3, 0.4) is 0 Å². The Labute approximate surface area is 155 Å². The number of halogens is 1. The Hall–Kier alpha value is -1.92. The van der Waals surface area contributed by atoms with Gasteiger partial charge in [-0.25, -0.2) is 0 Å². The van der Waals surface area contributed by atoms with Crippen LogP contribution in [0.4, 0.5) is 5.69 Å². The average Bonchev–Trinajstić information content (AvgIpc) is 2.54. The monoisotopic (exact) mass is 406 g/mol. The zero-order valence-corrected chi connectivity index (χ0v) is 15.9. The summed E-state index contributed by atoms with van der Waals surface area (Å²) in [5.41, 5.74) is 1.29. The second kappa shape index (κ2) is 8.80. The summed E-state index contributed by atoms with van der Waals surface area (Å²) in [6.45, 7) is 4.09. The van der Waals surface area contributed by atoms with Gasteiger partial charge in [0.25, 0.3) is 5.91 Å². The summed E-state index contributed by atoms with van der Waals surface area (Å²) in [4.78, 5) is 12.2. The summed E-state index contributed by atoms with van der Waals surface area (Å²) in [7, 11) is 0. The first-order valence-corrected chi connectivity index (χ1v) is 8.82. The van der Waals surface area contributed by atoms with Gasteiger partial charge in [-0.2, -0.15) is 0 Å². The number of hydrogen-bond acceptors (Lipinski definition) is 3. The molecule has 0 radical (unpaired) electrons. The van der Waals surface area contributed by atoms with Gasteiger partial charge in [-0.3, -0.25) is 10.1 Å². The highest BCUT2D eigenvalue weighted by atomic mass is 79.9. The van der Waals surface area contributed by atoms with Crippen molar-refractivity contribution in [3.8, 4) is 5.75 Å². The Bertz CT molecular complexity index is 736. The number of thiocarbonyl (C=S) groups is 1. The van der Waals surface area contributed by atoms with E-state index in [2.05, 4.69) is 33.5 Å². The van der Waals surface area contributed by atoms with Gasteiger partial charge in [0.05, 0.1) is 6.10 Å². The van der Waals surface area contributed by atoms with E-state index >= 15 is 0 Å². The third kappa shape index (κ3) is 5.62. The van der Waals surface area contributed by atoms with Gasteiger partial charge in [-0.1, -0.05) is 35.0 Å². The third-order valence-electron chi connectivity index (χ3n) is 3.32. The molecule has 2 aromatic rings. The zero-order valence-electron chi connectivity index (χ0n) is 13.5. The van der Waals surface area contributed by atoms with Gasteiger partial charge < -0.3 is 10.1 Å². The molecule has 2 aromatic carbocycles. The highest BCUT2D eigenvalue weighted by molar-refractivity contribution is 9.10. The van der Waals surface area contributed by atoms with Gasteiger partial charge in [-0.05, 0) is 55.9 Å². The largest absolute Gasteiger partial charge is 0.491 e. The Morgan fingerprint density at radius 3 is 2.71 bits per heavy atom. The summed E-state index contributed by atoms with van der Waals surface area (Å²) in [6, 6.07) is 14.6. The number of nitrogens with one attached hydrogen (secondary N) is 2. The molecule has 0 aromatic heterocycles. The van der Waals surface area contributed by atoms with Gasteiger partial charge in [0.15, 0.2) is 5.11 Å². The topological polar surface area (TPSA) is 50.4 Å². The minimum Gasteiger partial charge on any atom is -0.491 e. The smallest absolute Gasteiger partial charge is 0.257 e. The Morgan fingerprint density at radius 1 is 1.25 bits per heavy atom. The van der Waals surface area contributed by atoms with Gasteiger partial charge in [0.1, 0.15) is 5.75 Å². The lowest BCUT2D eigenvalue weighted by atomic mass is 10.2. The molecule has 0 saturated carbocycles. The van der Waals surface area contributed by atoms with Gasteiger partial charge in [-0.15, -0.1) is 0 Å². The van der Waals surface area contributed by atoms with Gasteiger partial charge in [0.2, 0.25) is 0 Å². The Morgan fingerprint density at radius 2 is 2.00 bits per heavy atom. The van der Waals surface area contributed by atoms with Crippen molar-refractivity contribution < 1.29 is 9.53 Å². The van der Waals surface area contributed by atoms with E-state index in [4.69, 9.17) is 17.0 Å². The number of anilines is 1. The van der Waals surface area contributed by atoms with Crippen molar-refractivity contribution in [3.63, 3.8) is 0 Å². The lowest BCUT2D eigenvalue weighted by molar-refractivity contribution is 0.0977. The summed E-state index contributed by atoms with van der Waals surface area (Å²) >= 11 is 8.54. The molecule has 4 nitrogen and oxygen atoms in total. The molecule has 1 unspecified atom stereocenters. The molecule has 0 bridgehead atoms. The van der Waals surface area contributed by atoms with Crippen LogP contribution in [-0.2, 0) is 0 Å². The Balaban J connectivity index is 1.97. The second-order valence-electron chi connectivity index (χ2n) is 5.28. The fraction of sp³-hybridized carbons (Fsp3) is 0.222. The lowest BCUT2D eigenvalue weighted by Gasteiger charge is -2.14. The number of amides is 1. The van der Waals surface area contributed by atoms with Crippen molar-refractivity contribution in [3.05, 3.63) is 58.6 Å². The molecule has 2 N–H and O–H groups in total. The second-order valence-corrected chi connectivity index (χ2v) is 6.61. The van der Waals surface area contributed by atoms with E-state index in [-0.39, 0.29) is 17.1 Å². The molecular formula is C18H19BrN2O2S. The number of benzene rings is 2. The van der Waals surface area contributed by atoms with Gasteiger partial charge >= 0.3 is 0 Å². The highest BCUT2D eigenvalue weighted by Crippen LogP contribution is 2.19. The lowest BCUT2D eigenvalue weighted by Crippen LogP contribution is -2.34. The van der Waals surface area contributed by atoms with Gasteiger partial charge in [0, 0.05) is 21.8 Å². The van der Waals surface area contributed by atoms with E-state index in [0.29, 0.717) is 5.56 Å². The van der Waals surface area contributed by atoms with E-state index < -0.39 is 0 Å². The van der Waals surface area contributed by atoms with Crippen LogP contribution >= 0.6 is 28.1 Å². The van der Waals surface area contributed by atoms with Crippen molar-refractivity contribution in [2.75, 3.05) is 5.32 Å². The average molecular weight is 407 g/mol. The Kier molecular flexibility index (Phi) is 6.75. The molecule has 0 aliphatic heterocycles. The normalized spacial score (nSPS) is 11.5. The standard InChI is InChI=1S/C18H19BrN2O2S/c1-3-12(2)23-16-9-5-8-15(11-16)20-18(24)21-17(22)13-6-4-7-14(19)10-13/h4-12H,3H2,1-2H3,(H2,20,21,22,24). The SMILES string of the molecule is CCC(C)Oc1cccc(NC(=S)NC(=O)c2cccc(Br)c2)c1. The van der Waals surface area contributed by atoms with Crippen LogP contribution in [0.15, 0.2) is 53.0 Å². The zero-order chi connectivity index (χ0) is 17.5. The minimum absolute atomic E-state index is 0.142. The first-order chi connectivity index (χ1) is 11.5. The van der Waals surface area contributed by atoms with E-state index in [1.165, 1.54) is 0 Å². The van der Waals surface area contributed by atoms with E-state index in [0.717, 1.165) is 22.3 Å². The van der Waals surface area contributed by atoms with Crippen LogP contribution in [0.2, 0.25) is 0 Å². The molecule has 2 rings (SSSR count). The molecule has 0 heterocycles. The maximum Gasteiger partial charge on any atom is 0.257 e. The van der Waals surface area contributed by atoms with Crippen LogP contribution in [0.5, 0.6) is 5.75 Å². The van der Waals surface area contributed by atoms with Crippen LogP contribution in [0.1, 0.15) is 30.6 Å². The summed E-state index contributed by atoms with van der Waals surface area (Å²) in [5, 5.41) is 5.90. The molecule has 0 fully saturated rings. The number of carbonyl (C=O) groups is 1. The van der Waals surface area contributed by atoms with Crippen molar-refractivity contribution in [2.24, 2.45) is 0 Å². The van der Waals surface area contributed by atoms with E-state index in [1.807, 2.05) is 37.3 Å². The fourth-order valence-electron chi connectivity index (χ4n) is 1.93. The molecule has 0 aliphatic carbocycles. The van der Waals surface area contributed by atoms with Crippen LogP contribution in [0, 0.1) is 0 Å². The molecule has 1 atom stereocenters. The molecule has 6 heteroatoms. The first-order valence-electron chi connectivity index (χ1n) is 7.62. The quantitative estimate of drug-likeness (QED) is 0.703. The third-order valence-corrected chi connectivity index (χ3v) is 4.02. The number of hydrogen-bond donors (Lipinski definition) is 2. The fourth-order valence-corrected chi connectivity index (χ4v) is 2.54. The van der Waals surface area contributed by atoms with Crippen LogP contribution in [0.25, 0.3) is 0 Å². The van der Waals surface area contributed by atoms with E-state index in [1.54, 1.807) is 18.2 Å². The predicted octanol–water partition coefficient (Wildman–Crippen LogP) is 4.75. The minimum atomic E-state index is -0.263. The van der Waals surface area contributed by atoms with Crippen molar-refractivity contribution in [2.45, 2.75) is 26.4 Å². The molecule has 24 heavy (non-hydrogen) atoms.